The van der Waals surface area contributed by atoms with Gasteiger partial charge in [0.05, 0.1) is 0 Å². The molecule has 0 fully saturated rings. The van der Waals surface area contributed by atoms with Gasteiger partial charge < -0.3 is 10.2 Å². The molecule has 3 aromatic rings. The maximum absolute atomic E-state index is 4.55. The summed E-state index contributed by atoms with van der Waals surface area (Å²) >= 11 is 3.52. The molecular formula is C19H19BrN4. The van der Waals surface area contributed by atoms with Crippen molar-refractivity contribution in [2.75, 3.05) is 17.3 Å². The van der Waals surface area contributed by atoms with E-state index >= 15 is 0 Å². The Kier molecular flexibility index (Phi) is 4.81. The number of aromatic nitrogens is 2. The third-order valence-electron chi connectivity index (χ3n) is 3.74. The summed E-state index contributed by atoms with van der Waals surface area (Å²) in [5.74, 6) is 2.36. The number of anilines is 4. The zero-order chi connectivity index (χ0) is 17.1. The normalized spacial score (nSPS) is 10.5. The second-order valence-electron chi connectivity index (χ2n) is 5.64. The molecule has 0 radical (unpaired) electrons. The number of para-hydroxylation sites is 1. The lowest BCUT2D eigenvalue weighted by atomic mass is 10.2. The van der Waals surface area contributed by atoms with E-state index < -0.39 is 0 Å². The van der Waals surface area contributed by atoms with Crippen LogP contribution in [0.1, 0.15) is 11.4 Å². The van der Waals surface area contributed by atoms with Gasteiger partial charge in [0.25, 0.3) is 0 Å². The molecule has 0 bridgehead atoms. The van der Waals surface area contributed by atoms with E-state index in [2.05, 4.69) is 56.3 Å². The van der Waals surface area contributed by atoms with Crippen LogP contribution in [0.4, 0.5) is 23.0 Å². The van der Waals surface area contributed by atoms with Gasteiger partial charge >= 0.3 is 0 Å². The van der Waals surface area contributed by atoms with Gasteiger partial charge in [0.15, 0.2) is 0 Å². The molecule has 0 aliphatic heterocycles. The van der Waals surface area contributed by atoms with Crippen LogP contribution in [0.3, 0.4) is 0 Å². The van der Waals surface area contributed by atoms with Crippen molar-refractivity contribution in [3.63, 3.8) is 0 Å². The Hall–Kier alpha value is -2.40. The first-order valence-electron chi connectivity index (χ1n) is 7.70. The highest BCUT2D eigenvalue weighted by Gasteiger charge is 2.09. The van der Waals surface area contributed by atoms with Crippen LogP contribution < -0.4 is 10.2 Å². The molecule has 1 aromatic heterocycles. The van der Waals surface area contributed by atoms with Gasteiger partial charge in [-0.3, -0.25) is 0 Å². The van der Waals surface area contributed by atoms with Crippen LogP contribution >= 0.6 is 15.9 Å². The number of rotatable bonds is 4. The van der Waals surface area contributed by atoms with E-state index in [1.807, 2.05) is 55.3 Å². The fourth-order valence-electron chi connectivity index (χ4n) is 2.44. The summed E-state index contributed by atoms with van der Waals surface area (Å²) in [5.41, 5.74) is 3.26. The predicted octanol–water partition coefficient (Wildman–Crippen LogP) is 5.37. The summed E-state index contributed by atoms with van der Waals surface area (Å²) in [5, 5.41) is 3.36. The third-order valence-corrected chi connectivity index (χ3v) is 4.63. The summed E-state index contributed by atoms with van der Waals surface area (Å²) in [6.07, 6.45) is 0. The van der Waals surface area contributed by atoms with E-state index in [1.54, 1.807) is 0 Å². The number of hydrogen-bond acceptors (Lipinski definition) is 4. The molecule has 1 heterocycles. The largest absolute Gasteiger partial charge is 0.340 e. The van der Waals surface area contributed by atoms with Crippen LogP contribution in [-0.4, -0.2) is 17.0 Å². The maximum Gasteiger partial charge on any atom is 0.138 e. The molecular weight excluding hydrogens is 364 g/mol. The second-order valence-corrected chi connectivity index (χ2v) is 6.50. The molecule has 2 aromatic carbocycles. The first-order valence-corrected chi connectivity index (χ1v) is 8.50. The van der Waals surface area contributed by atoms with E-state index in [-0.39, 0.29) is 0 Å². The Morgan fingerprint density at radius 2 is 1.71 bits per heavy atom. The number of benzene rings is 2. The quantitative estimate of drug-likeness (QED) is 0.658. The monoisotopic (exact) mass is 382 g/mol. The highest BCUT2D eigenvalue weighted by molar-refractivity contribution is 9.10. The van der Waals surface area contributed by atoms with E-state index in [9.17, 15) is 0 Å². The molecule has 4 nitrogen and oxygen atoms in total. The van der Waals surface area contributed by atoms with Gasteiger partial charge in [-0.2, -0.15) is 0 Å². The Morgan fingerprint density at radius 3 is 2.42 bits per heavy atom. The van der Waals surface area contributed by atoms with Crippen molar-refractivity contribution in [1.29, 1.82) is 0 Å². The summed E-state index contributed by atoms with van der Waals surface area (Å²) in [6.45, 7) is 3.97. The van der Waals surface area contributed by atoms with Crippen molar-refractivity contribution < 1.29 is 0 Å². The van der Waals surface area contributed by atoms with Crippen molar-refractivity contribution in [2.45, 2.75) is 13.8 Å². The van der Waals surface area contributed by atoms with Crippen molar-refractivity contribution in [2.24, 2.45) is 0 Å². The molecule has 0 atom stereocenters. The maximum atomic E-state index is 4.55. The Morgan fingerprint density at radius 1 is 0.958 bits per heavy atom. The molecule has 0 saturated heterocycles. The molecule has 0 spiro atoms. The van der Waals surface area contributed by atoms with E-state index in [4.69, 9.17) is 0 Å². The van der Waals surface area contributed by atoms with Crippen LogP contribution in [0.2, 0.25) is 0 Å². The minimum Gasteiger partial charge on any atom is -0.340 e. The first-order chi connectivity index (χ1) is 11.5. The van der Waals surface area contributed by atoms with Crippen LogP contribution in [0.25, 0.3) is 0 Å². The van der Waals surface area contributed by atoms with Gasteiger partial charge in [-0.25, -0.2) is 9.97 Å². The minimum atomic E-state index is 0.728. The zero-order valence-corrected chi connectivity index (χ0v) is 15.5. The first kappa shape index (κ1) is 16.5. The van der Waals surface area contributed by atoms with E-state index in [0.29, 0.717) is 0 Å². The number of aryl methyl sites for hydroxylation is 2. The summed E-state index contributed by atoms with van der Waals surface area (Å²) < 4.78 is 1.09. The van der Waals surface area contributed by atoms with E-state index in [1.165, 1.54) is 5.56 Å². The van der Waals surface area contributed by atoms with Gasteiger partial charge in [0.2, 0.25) is 0 Å². The molecule has 1 N–H and O–H groups in total. The lowest BCUT2D eigenvalue weighted by molar-refractivity contribution is 1.02. The molecule has 0 amide bonds. The Balaban J connectivity index is 1.90. The SMILES string of the molecule is Cc1nc(Nc2ccc(Br)c(C)c2)cc(N(C)c2ccccc2)n1. The summed E-state index contributed by atoms with van der Waals surface area (Å²) in [6, 6.07) is 18.3. The van der Waals surface area contributed by atoms with Gasteiger partial charge in [0.1, 0.15) is 17.5 Å². The lowest BCUT2D eigenvalue weighted by Crippen LogP contribution is -2.12. The predicted molar refractivity (Wildman–Crippen MR) is 103 cm³/mol. The average molecular weight is 383 g/mol. The topological polar surface area (TPSA) is 41.1 Å². The summed E-state index contributed by atoms with van der Waals surface area (Å²) in [7, 11) is 2.00. The van der Waals surface area contributed by atoms with Crippen molar-refractivity contribution in [3.05, 3.63) is 70.5 Å². The highest BCUT2D eigenvalue weighted by Crippen LogP contribution is 2.26. The minimum absolute atomic E-state index is 0.728. The number of nitrogens with zero attached hydrogens (tertiary/aromatic N) is 3. The van der Waals surface area contributed by atoms with Crippen LogP contribution in [-0.2, 0) is 0 Å². The molecule has 5 heteroatoms. The molecule has 24 heavy (non-hydrogen) atoms. The van der Waals surface area contributed by atoms with Gasteiger partial charge in [-0.15, -0.1) is 0 Å². The fraction of sp³-hybridized carbons (Fsp3) is 0.158. The zero-order valence-electron chi connectivity index (χ0n) is 13.9. The highest BCUT2D eigenvalue weighted by atomic mass is 79.9. The number of hydrogen-bond donors (Lipinski definition) is 1. The number of halogens is 1. The molecule has 0 unspecified atom stereocenters. The standard InChI is InChI=1S/C19H19BrN4/c1-13-11-15(9-10-17(13)20)23-18-12-19(22-14(2)21-18)24(3)16-7-5-4-6-8-16/h4-12H,1-3H3,(H,21,22,23). The molecule has 3 rings (SSSR count). The van der Waals surface area contributed by atoms with Crippen LogP contribution in [0.15, 0.2) is 59.1 Å². The van der Waals surface area contributed by atoms with Crippen molar-refractivity contribution in [3.8, 4) is 0 Å². The Bertz CT molecular complexity index is 849. The third kappa shape index (κ3) is 3.74. The van der Waals surface area contributed by atoms with Crippen LogP contribution in [0, 0.1) is 13.8 Å². The molecule has 0 saturated carbocycles. The van der Waals surface area contributed by atoms with Crippen molar-refractivity contribution in [1.82, 2.24) is 9.97 Å². The fourth-order valence-corrected chi connectivity index (χ4v) is 2.69. The van der Waals surface area contributed by atoms with Gasteiger partial charge in [-0.05, 0) is 49.7 Å². The van der Waals surface area contributed by atoms with Gasteiger partial charge in [-0.1, -0.05) is 34.1 Å². The smallest absolute Gasteiger partial charge is 0.138 e. The summed E-state index contributed by atoms with van der Waals surface area (Å²) in [4.78, 5) is 11.1. The molecule has 0 aliphatic carbocycles. The average Bonchev–Trinajstić information content (AvgIpc) is 2.58. The van der Waals surface area contributed by atoms with E-state index in [0.717, 1.165) is 33.3 Å². The van der Waals surface area contributed by atoms with Crippen LogP contribution in [0.5, 0.6) is 0 Å². The number of nitrogens with one attached hydrogen (secondary N) is 1. The van der Waals surface area contributed by atoms with Crippen molar-refractivity contribution >= 4 is 38.9 Å². The molecule has 122 valence electrons. The van der Waals surface area contributed by atoms with Gasteiger partial charge in [0, 0.05) is 29.0 Å². The Labute approximate surface area is 150 Å². The second kappa shape index (κ2) is 7.01. The lowest BCUT2D eigenvalue weighted by Gasteiger charge is -2.19. The molecule has 0 aliphatic rings.